The fraction of sp³-hybridized carbons (Fsp3) is 0.462. The fourth-order valence-corrected chi connectivity index (χ4v) is 7.44. The van der Waals surface area contributed by atoms with Gasteiger partial charge in [0.1, 0.15) is 21.8 Å². The number of rotatable bonds is 2. The summed E-state index contributed by atoms with van der Waals surface area (Å²) >= 11 is 0. The second kappa shape index (κ2) is 3.81. The van der Waals surface area contributed by atoms with Gasteiger partial charge in [0.15, 0.2) is 0 Å². The maximum atomic E-state index is 4.91. The summed E-state index contributed by atoms with van der Waals surface area (Å²) in [6, 6.07) is 6.30. The molecule has 0 fully saturated rings. The van der Waals surface area contributed by atoms with Crippen LogP contribution < -0.4 is 10.6 Å². The Labute approximate surface area is 106 Å². The van der Waals surface area contributed by atoms with Crippen molar-refractivity contribution >= 4 is 32.4 Å². The van der Waals surface area contributed by atoms with E-state index < -0.39 is 16.1 Å². The smallest absolute Gasteiger partial charge is 0.136 e. The summed E-state index contributed by atoms with van der Waals surface area (Å²) in [5, 5.41) is 2.93. The van der Waals surface area contributed by atoms with Crippen LogP contribution in [-0.2, 0) is 0 Å². The zero-order valence-electron chi connectivity index (χ0n) is 11.7. The molecule has 2 heterocycles. The minimum absolute atomic E-state index is 1.11. The molecule has 17 heavy (non-hydrogen) atoms. The first-order chi connectivity index (χ1) is 7.71. The molecule has 0 spiro atoms. The minimum atomic E-state index is -1.37. The van der Waals surface area contributed by atoms with Gasteiger partial charge in [0.05, 0.1) is 0 Å². The van der Waals surface area contributed by atoms with Gasteiger partial charge in [-0.2, -0.15) is 0 Å². The van der Waals surface area contributed by atoms with Crippen LogP contribution in [0.15, 0.2) is 24.4 Å². The maximum Gasteiger partial charge on any atom is 0.136 e. The van der Waals surface area contributed by atoms with Crippen LogP contribution in [0.5, 0.6) is 0 Å². The highest BCUT2D eigenvalue weighted by atomic mass is 28.3. The zero-order chi connectivity index (χ0) is 12.8. The van der Waals surface area contributed by atoms with E-state index in [2.05, 4.69) is 68.1 Å². The zero-order valence-corrected chi connectivity index (χ0v) is 13.7. The number of aromatic nitrogens is 2. The first-order valence-electron chi connectivity index (χ1n) is 6.19. The second-order valence-electron chi connectivity index (χ2n) is 6.74. The van der Waals surface area contributed by atoms with Gasteiger partial charge in [-0.05, 0) is 12.1 Å². The largest absolute Gasteiger partial charge is 0.309 e. The van der Waals surface area contributed by atoms with Crippen LogP contribution in [0.1, 0.15) is 0 Å². The molecule has 2 aromatic rings. The summed E-state index contributed by atoms with van der Waals surface area (Å²) in [5.74, 6) is 0. The molecule has 0 saturated heterocycles. The van der Waals surface area contributed by atoms with E-state index in [9.17, 15) is 0 Å². The molecule has 0 aliphatic heterocycles. The Morgan fingerprint density at radius 3 is 2.12 bits per heavy atom. The number of nitrogens with zero attached hydrogens (tertiary/aromatic N) is 2. The van der Waals surface area contributed by atoms with Crippen molar-refractivity contribution in [1.82, 2.24) is 9.38 Å². The number of fused-ring (bicyclic) bond motifs is 1. The van der Waals surface area contributed by atoms with Gasteiger partial charge >= 0.3 is 0 Å². The van der Waals surface area contributed by atoms with Crippen LogP contribution in [0, 0.1) is 0 Å². The highest BCUT2D eigenvalue weighted by Crippen LogP contribution is 2.09. The van der Waals surface area contributed by atoms with Gasteiger partial charge in [-0.1, -0.05) is 45.3 Å². The minimum Gasteiger partial charge on any atom is -0.309 e. The van der Waals surface area contributed by atoms with Gasteiger partial charge in [-0.15, -0.1) is 0 Å². The van der Waals surface area contributed by atoms with Crippen LogP contribution in [-0.4, -0.2) is 25.5 Å². The lowest BCUT2D eigenvalue weighted by molar-refractivity contribution is 1.21. The van der Waals surface area contributed by atoms with Crippen LogP contribution in [0.3, 0.4) is 0 Å². The highest BCUT2D eigenvalue weighted by Gasteiger charge is 2.32. The Bertz CT molecular complexity index is 545. The summed E-state index contributed by atoms with van der Waals surface area (Å²) in [4.78, 5) is 4.91. The molecule has 2 nitrogen and oxygen atoms in total. The lowest BCUT2D eigenvalue weighted by Crippen LogP contribution is -2.57. The molecule has 4 heteroatoms. The molecular weight excluding hydrogens is 240 g/mol. The van der Waals surface area contributed by atoms with Crippen molar-refractivity contribution in [3.05, 3.63) is 24.4 Å². The molecule has 0 N–H and O–H groups in total. The number of imidazole rings is 1. The summed E-state index contributed by atoms with van der Waals surface area (Å²) < 4.78 is 2.32. The molecule has 0 unspecified atom stereocenters. The monoisotopic (exact) mass is 262 g/mol. The van der Waals surface area contributed by atoms with Crippen LogP contribution in [0.25, 0.3) is 5.65 Å². The van der Waals surface area contributed by atoms with E-state index in [-0.39, 0.29) is 0 Å². The van der Waals surface area contributed by atoms with Crippen molar-refractivity contribution in [2.75, 3.05) is 0 Å². The predicted molar refractivity (Wildman–Crippen MR) is 81.2 cm³/mol. The molecule has 0 bridgehead atoms. The van der Waals surface area contributed by atoms with E-state index in [0.717, 1.165) is 5.65 Å². The number of hydrogen-bond donors (Lipinski definition) is 0. The average Bonchev–Trinajstić information content (AvgIpc) is 2.54. The maximum absolute atomic E-state index is 4.91. The first kappa shape index (κ1) is 12.6. The summed E-state index contributed by atoms with van der Waals surface area (Å²) in [5.41, 5.74) is 1.11. The SMILES string of the molecule is C[Si](C)(C)c1nc2ccccn2c1[Si](C)(C)C. The van der Waals surface area contributed by atoms with Crippen LogP contribution in [0.2, 0.25) is 39.3 Å². The fourth-order valence-electron chi connectivity index (χ4n) is 2.24. The van der Waals surface area contributed by atoms with E-state index in [4.69, 9.17) is 4.98 Å². The van der Waals surface area contributed by atoms with E-state index in [0.29, 0.717) is 0 Å². The number of pyridine rings is 1. The van der Waals surface area contributed by atoms with Gasteiger partial charge in [-0.25, -0.2) is 4.98 Å². The van der Waals surface area contributed by atoms with Crippen molar-refractivity contribution in [3.63, 3.8) is 0 Å². The first-order valence-corrected chi connectivity index (χ1v) is 13.2. The van der Waals surface area contributed by atoms with Gasteiger partial charge in [0.25, 0.3) is 0 Å². The standard InChI is InChI=1S/C13H22N2Si2/c1-16(2,3)12-13(17(4,5)6)15-10-8-7-9-11(15)14-12/h7-10H,1-6H3. The molecular formula is C13H22N2Si2. The Hall–Kier alpha value is -0.876. The van der Waals surface area contributed by atoms with Crippen molar-refractivity contribution in [2.24, 2.45) is 0 Å². The Morgan fingerprint density at radius 2 is 1.59 bits per heavy atom. The Balaban J connectivity index is 2.84. The van der Waals surface area contributed by atoms with Gasteiger partial charge < -0.3 is 4.40 Å². The predicted octanol–water partition coefficient (Wildman–Crippen LogP) is 2.42. The van der Waals surface area contributed by atoms with Crippen molar-refractivity contribution in [1.29, 1.82) is 0 Å². The summed E-state index contributed by atoms with van der Waals surface area (Å²) in [6.45, 7) is 14.4. The van der Waals surface area contributed by atoms with Crippen molar-refractivity contribution < 1.29 is 0 Å². The van der Waals surface area contributed by atoms with Crippen molar-refractivity contribution in [3.8, 4) is 0 Å². The Kier molecular flexibility index (Phi) is 2.82. The third-order valence-electron chi connectivity index (χ3n) is 2.95. The molecule has 0 saturated carbocycles. The second-order valence-corrected chi connectivity index (χ2v) is 16.7. The normalized spacial score (nSPS) is 13.3. The van der Waals surface area contributed by atoms with E-state index >= 15 is 0 Å². The van der Waals surface area contributed by atoms with Crippen molar-refractivity contribution in [2.45, 2.75) is 39.3 Å². The highest BCUT2D eigenvalue weighted by molar-refractivity contribution is 6.97. The molecule has 92 valence electrons. The topological polar surface area (TPSA) is 17.3 Å². The van der Waals surface area contributed by atoms with Crippen LogP contribution in [0.4, 0.5) is 0 Å². The van der Waals surface area contributed by atoms with Crippen LogP contribution >= 0.6 is 0 Å². The molecule has 2 aromatic heterocycles. The number of hydrogen-bond acceptors (Lipinski definition) is 1. The third-order valence-corrected chi connectivity index (χ3v) is 6.87. The van der Waals surface area contributed by atoms with E-state index in [1.165, 1.54) is 10.6 Å². The molecule has 0 aliphatic carbocycles. The third kappa shape index (κ3) is 2.24. The molecule has 0 radical (unpaired) electrons. The molecule has 0 aromatic carbocycles. The van der Waals surface area contributed by atoms with Gasteiger partial charge in [0, 0.05) is 16.8 Å². The van der Waals surface area contributed by atoms with E-state index in [1.54, 1.807) is 0 Å². The summed E-state index contributed by atoms with van der Waals surface area (Å²) in [7, 11) is -2.73. The van der Waals surface area contributed by atoms with E-state index in [1.807, 2.05) is 0 Å². The Morgan fingerprint density at radius 1 is 0.941 bits per heavy atom. The lowest BCUT2D eigenvalue weighted by Gasteiger charge is -2.23. The lowest BCUT2D eigenvalue weighted by atomic mass is 10.5. The van der Waals surface area contributed by atoms with Gasteiger partial charge in [-0.3, -0.25) is 0 Å². The molecule has 0 aliphatic rings. The molecule has 0 amide bonds. The summed E-state index contributed by atoms with van der Waals surface area (Å²) in [6.07, 6.45) is 2.17. The van der Waals surface area contributed by atoms with Gasteiger partial charge in [0.2, 0.25) is 0 Å². The molecule has 0 atom stereocenters. The molecule has 2 rings (SSSR count). The quantitative estimate of drug-likeness (QED) is 0.760. The average molecular weight is 263 g/mol.